The molecule has 0 spiro atoms. The monoisotopic (exact) mass is 443 g/mol. The number of benzene rings is 1. The van der Waals surface area contributed by atoms with E-state index in [-0.39, 0.29) is 35.9 Å². The summed E-state index contributed by atoms with van der Waals surface area (Å²) in [5.74, 6) is 1.22. The molecule has 1 aromatic carbocycles. The van der Waals surface area contributed by atoms with Crippen LogP contribution in [0.4, 0.5) is 0 Å². The van der Waals surface area contributed by atoms with E-state index >= 15 is 0 Å². The van der Waals surface area contributed by atoms with Gasteiger partial charge in [0.1, 0.15) is 0 Å². The van der Waals surface area contributed by atoms with Crippen molar-refractivity contribution in [2.75, 3.05) is 27.8 Å². The average molecular weight is 445 g/mol. The van der Waals surface area contributed by atoms with Gasteiger partial charge in [0.25, 0.3) is 0 Å². The number of ether oxygens (including phenoxy) is 2. The quantitative estimate of drug-likeness (QED) is 0.759. The lowest BCUT2D eigenvalue weighted by Crippen LogP contribution is -2.60. The third-order valence-corrected chi connectivity index (χ3v) is 6.99. The van der Waals surface area contributed by atoms with Gasteiger partial charge in [-0.25, -0.2) is 0 Å². The minimum absolute atomic E-state index is 0. The Kier molecular flexibility index (Phi) is 5.05. The highest BCUT2D eigenvalue weighted by molar-refractivity contribution is 9.10. The maximum atomic E-state index is 12.7. The zero-order chi connectivity index (χ0) is 17.9. The number of halogens is 2. The molecule has 3 atom stereocenters. The van der Waals surface area contributed by atoms with Crippen molar-refractivity contribution in [1.82, 2.24) is 4.90 Å². The van der Waals surface area contributed by atoms with Crippen molar-refractivity contribution in [1.29, 1.82) is 0 Å². The van der Waals surface area contributed by atoms with Crippen molar-refractivity contribution >= 4 is 34.1 Å². The summed E-state index contributed by atoms with van der Waals surface area (Å²) in [6.07, 6.45) is 3.99. The van der Waals surface area contributed by atoms with E-state index < -0.39 is 5.41 Å². The van der Waals surface area contributed by atoms with Crippen molar-refractivity contribution in [2.45, 2.75) is 30.7 Å². The van der Waals surface area contributed by atoms with E-state index in [1.165, 1.54) is 0 Å². The van der Waals surface area contributed by atoms with Crippen LogP contribution in [0.2, 0.25) is 0 Å². The lowest BCUT2D eigenvalue weighted by atomic mass is 9.53. The Morgan fingerprint density at radius 2 is 2.08 bits per heavy atom. The van der Waals surface area contributed by atoms with E-state index in [2.05, 4.69) is 27.9 Å². The molecule has 142 valence electrons. The molecule has 2 aliphatic carbocycles. The molecule has 26 heavy (non-hydrogen) atoms. The molecule has 1 saturated heterocycles. The largest absolute Gasteiger partial charge is 0.504 e. The Hall–Kier alpha value is -1.24. The number of phenolic OH excluding ortho intramolecular Hbond substituents is 1. The fourth-order valence-corrected chi connectivity index (χ4v) is 5.63. The van der Waals surface area contributed by atoms with Crippen LogP contribution >= 0.6 is 28.3 Å². The topological polar surface area (TPSA) is 59.0 Å². The van der Waals surface area contributed by atoms with Gasteiger partial charge in [0.05, 0.1) is 14.2 Å². The SMILES string of the molecule is COC1=C[C@H]2[C@H]3Cc4c(Br)cc(OC)c(O)c4[C@@]2(CCN3C)CC1=O.Cl. The van der Waals surface area contributed by atoms with Crippen LogP contribution in [-0.2, 0) is 21.4 Å². The van der Waals surface area contributed by atoms with Crippen LogP contribution < -0.4 is 4.74 Å². The number of piperidine rings is 1. The fourth-order valence-electron chi connectivity index (χ4n) is 5.06. The molecule has 1 N–H and O–H groups in total. The van der Waals surface area contributed by atoms with Crippen LogP contribution in [0.5, 0.6) is 11.5 Å². The maximum absolute atomic E-state index is 12.7. The molecule has 5 nitrogen and oxygen atoms in total. The van der Waals surface area contributed by atoms with E-state index in [4.69, 9.17) is 9.47 Å². The van der Waals surface area contributed by atoms with Gasteiger partial charge in [-0.15, -0.1) is 12.4 Å². The molecule has 0 saturated carbocycles. The number of likely N-dealkylation sites (N-methyl/N-ethyl adjacent to an activating group) is 1. The van der Waals surface area contributed by atoms with E-state index in [9.17, 15) is 9.90 Å². The number of likely N-dealkylation sites (tertiary alicyclic amines) is 1. The molecule has 0 radical (unpaired) electrons. The van der Waals surface area contributed by atoms with E-state index in [1.54, 1.807) is 14.2 Å². The van der Waals surface area contributed by atoms with Crippen LogP contribution in [0.25, 0.3) is 0 Å². The predicted octanol–water partition coefficient (Wildman–Crippen LogP) is 3.20. The van der Waals surface area contributed by atoms with Crippen molar-refractivity contribution in [3.05, 3.63) is 33.5 Å². The van der Waals surface area contributed by atoms with Gasteiger partial charge < -0.3 is 19.5 Å². The third kappa shape index (κ3) is 2.49. The number of fused-ring (bicyclic) bond motifs is 1. The number of allylic oxidation sites excluding steroid dienone is 1. The minimum Gasteiger partial charge on any atom is -0.504 e. The summed E-state index contributed by atoms with van der Waals surface area (Å²) in [7, 11) is 5.24. The van der Waals surface area contributed by atoms with Crippen molar-refractivity contribution in [3.8, 4) is 11.5 Å². The highest BCUT2D eigenvalue weighted by Crippen LogP contribution is 2.58. The first-order valence-corrected chi connectivity index (χ1v) is 9.30. The first-order valence-electron chi connectivity index (χ1n) is 8.51. The predicted molar refractivity (Wildman–Crippen MR) is 104 cm³/mol. The Balaban J connectivity index is 0.00000196. The number of hydrogen-bond acceptors (Lipinski definition) is 5. The number of rotatable bonds is 2. The number of ketones is 1. The molecule has 1 aliphatic heterocycles. The number of hydrogen-bond donors (Lipinski definition) is 1. The molecular formula is C19H23BrClNO4. The van der Waals surface area contributed by atoms with Gasteiger partial charge in [-0.05, 0) is 44.1 Å². The van der Waals surface area contributed by atoms with E-state index in [1.807, 2.05) is 12.1 Å². The van der Waals surface area contributed by atoms with Crippen molar-refractivity contribution in [3.63, 3.8) is 0 Å². The summed E-state index contributed by atoms with van der Waals surface area (Å²) >= 11 is 3.66. The summed E-state index contributed by atoms with van der Waals surface area (Å²) in [6.45, 7) is 0.901. The number of carbonyl (C=O) groups excluding carboxylic acids is 1. The van der Waals surface area contributed by atoms with E-state index in [0.29, 0.717) is 17.9 Å². The van der Waals surface area contributed by atoms with Crippen LogP contribution in [0.15, 0.2) is 22.4 Å². The highest BCUT2D eigenvalue weighted by Gasteiger charge is 2.57. The standard InChI is InChI=1S/C19H22BrNO4.ClH/c1-21-5-4-19-9-14(22)15(24-2)7-11(19)13(21)6-10-12(20)8-16(25-3)18(23)17(10)19;/h7-8,11,13,23H,4-6,9H2,1-3H3;1H/t11-,13+,19-;/m0./s1. The highest BCUT2D eigenvalue weighted by atomic mass is 79.9. The zero-order valence-corrected chi connectivity index (χ0v) is 17.4. The smallest absolute Gasteiger partial charge is 0.197 e. The number of phenols is 1. The minimum atomic E-state index is -0.398. The van der Waals surface area contributed by atoms with Crippen molar-refractivity contribution in [2.24, 2.45) is 5.92 Å². The summed E-state index contributed by atoms with van der Waals surface area (Å²) in [6, 6.07) is 2.10. The lowest BCUT2D eigenvalue weighted by molar-refractivity contribution is -0.122. The first-order chi connectivity index (χ1) is 11.9. The van der Waals surface area contributed by atoms with Gasteiger partial charge in [-0.1, -0.05) is 15.9 Å². The lowest BCUT2D eigenvalue weighted by Gasteiger charge is -2.56. The molecule has 0 amide bonds. The van der Waals surface area contributed by atoms with Crippen LogP contribution in [0.1, 0.15) is 24.0 Å². The van der Waals surface area contributed by atoms with E-state index in [0.717, 1.165) is 35.0 Å². The fraction of sp³-hybridized carbons (Fsp3) is 0.526. The van der Waals surface area contributed by atoms with Crippen LogP contribution in [0, 0.1) is 5.92 Å². The molecule has 0 aromatic heterocycles. The van der Waals surface area contributed by atoms with Crippen LogP contribution in [0.3, 0.4) is 0 Å². The van der Waals surface area contributed by atoms with Gasteiger partial charge >= 0.3 is 0 Å². The molecule has 4 rings (SSSR count). The molecule has 2 bridgehead atoms. The second kappa shape index (κ2) is 6.73. The Bertz CT molecular complexity index is 796. The average Bonchev–Trinajstić information content (AvgIpc) is 2.59. The normalized spacial score (nSPS) is 29.8. The molecular weight excluding hydrogens is 422 g/mol. The summed E-state index contributed by atoms with van der Waals surface area (Å²) in [5, 5.41) is 11.0. The molecule has 3 aliphatic rings. The van der Waals surface area contributed by atoms with Gasteiger partial charge in [0.2, 0.25) is 0 Å². The Morgan fingerprint density at radius 3 is 2.73 bits per heavy atom. The number of carbonyl (C=O) groups is 1. The van der Waals surface area contributed by atoms with Crippen LogP contribution in [-0.4, -0.2) is 49.6 Å². The molecule has 1 heterocycles. The number of nitrogens with zero attached hydrogens (tertiary/aromatic N) is 1. The Labute approximate surface area is 167 Å². The van der Waals surface area contributed by atoms with Gasteiger partial charge in [0, 0.05) is 33.8 Å². The number of Topliss-reactive ketones (excluding diaryl/α,β-unsaturated/α-hetero) is 1. The zero-order valence-electron chi connectivity index (χ0n) is 15.0. The third-order valence-electron chi connectivity index (χ3n) is 6.28. The van der Waals surface area contributed by atoms with Gasteiger partial charge in [0.15, 0.2) is 23.0 Å². The summed E-state index contributed by atoms with van der Waals surface area (Å²) in [5.41, 5.74) is 1.58. The number of methoxy groups -OCH3 is 2. The second-order valence-electron chi connectivity index (χ2n) is 7.28. The first kappa shape index (κ1) is 19.5. The second-order valence-corrected chi connectivity index (χ2v) is 8.14. The van der Waals surface area contributed by atoms with Gasteiger partial charge in [-0.3, -0.25) is 4.79 Å². The summed E-state index contributed by atoms with van der Waals surface area (Å²) < 4.78 is 11.6. The molecule has 1 fully saturated rings. The molecule has 7 heteroatoms. The number of aromatic hydroxyl groups is 1. The summed E-state index contributed by atoms with van der Waals surface area (Å²) in [4.78, 5) is 15.0. The Morgan fingerprint density at radius 1 is 1.35 bits per heavy atom. The molecule has 0 unspecified atom stereocenters. The van der Waals surface area contributed by atoms with Crippen molar-refractivity contribution < 1.29 is 19.4 Å². The maximum Gasteiger partial charge on any atom is 0.197 e. The molecule has 1 aromatic rings. The van der Waals surface area contributed by atoms with Gasteiger partial charge in [-0.2, -0.15) is 0 Å².